The van der Waals surface area contributed by atoms with Gasteiger partial charge in [0.05, 0.1) is 5.56 Å². The highest BCUT2D eigenvalue weighted by Gasteiger charge is 2.17. The van der Waals surface area contributed by atoms with Crippen LogP contribution in [0, 0.1) is 27.6 Å². The monoisotopic (exact) mass is 191 g/mol. The van der Waals surface area contributed by atoms with Gasteiger partial charge in [-0.2, -0.15) is 0 Å². The number of nitrogens with zero attached hydrogens (tertiary/aromatic N) is 1. The zero-order valence-electron chi connectivity index (χ0n) is 6.26. The van der Waals surface area contributed by atoms with E-state index in [1.807, 2.05) is 0 Å². The second-order valence-corrected chi connectivity index (χ2v) is 2.31. The zero-order valence-corrected chi connectivity index (χ0v) is 6.26. The van der Waals surface area contributed by atoms with Crippen molar-refractivity contribution in [1.29, 1.82) is 0 Å². The summed E-state index contributed by atoms with van der Waals surface area (Å²) >= 11 is 0. The minimum Gasteiger partial charge on any atom is -0.264 e. The molecule has 0 amide bonds. The van der Waals surface area contributed by atoms with Crippen molar-refractivity contribution < 1.29 is 18.1 Å². The van der Waals surface area contributed by atoms with Crippen molar-refractivity contribution in [3.8, 4) is 0 Å². The highest BCUT2D eigenvalue weighted by Crippen LogP contribution is 2.16. The normalized spacial score (nSPS) is 10.1. The highest BCUT2D eigenvalue weighted by molar-refractivity contribution is 5.20. The minimum absolute atomic E-state index is 0.577. The summed E-state index contributed by atoms with van der Waals surface area (Å²) < 4.78 is 37.8. The molecule has 0 N–H and O–H groups in total. The maximum Gasteiger partial charge on any atom is 0.234 e. The van der Waals surface area contributed by atoms with E-state index in [1.54, 1.807) is 0 Å². The fourth-order valence-corrected chi connectivity index (χ4v) is 0.843. The maximum absolute atomic E-state index is 12.7. The molecule has 0 saturated heterocycles. The van der Waals surface area contributed by atoms with Gasteiger partial charge in [0.1, 0.15) is 5.82 Å². The van der Waals surface area contributed by atoms with Crippen LogP contribution in [0.15, 0.2) is 12.1 Å². The second kappa shape index (κ2) is 3.42. The molecule has 1 aromatic rings. The molecule has 6 heteroatoms. The summed E-state index contributed by atoms with van der Waals surface area (Å²) in [7, 11) is 0. The molecule has 0 saturated carbocycles. The van der Waals surface area contributed by atoms with Crippen molar-refractivity contribution in [2.24, 2.45) is 0 Å². The molecule has 1 rings (SSSR count). The van der Waals surface area contributed by atoms with Crippen molar-refractivity contribution in [2.45, 2.75) is 6.54 Å². The lowest BCUT2D eigenvalue weighted by atomic mass is 10.2. The van der Waals surface area contributed by atoms with E-state index in [2.05, 4.69) is 0 Å². The quantitative estimate of drug-likeness (QED) is 0.407. The van der Waals surface area contributed by atoms with Crippen molar-refractivity contribution in [1.82, 2.24) is 0 Å². The smallest absolute Gasteiger partial charge is 0.234 e. The molecular weight excluding hydrogens is 187 g/mol. The van der Waals surface area contributed by atoms with Gasteiger partial charge in [0.2, 0.25) is 6.54 Å². The first kappa shape index (κ1) is 9.50. The Bertz CT molecular complexity index is 354. The number of hydrogen-bond acceptors (Lipinski definition) is 2. The molecule has 1 aromatic carbocycles. The molecule has 3 nitrogen and oxygen atoms in total. The van der Waals surface area contributed by atoms with Crippen LogP contribution in [0.25, 0.3) is 0 Å². The second-order valence-electron chi connectivity index (χ2n) is 2.31. The van der Waals surface area contributed by atoms with Crippen LogP contribution in [0.2, 0.25) is 0 Å². The number of rotatable bonds is 2. The third-order valence-corrected chi connectivity index (χ3v) is 1.43. The molecule has 0 aliphatic rings. The van der Waals surface area contributed by atoms with Gasteiger partial charge in [-0.05, 0) is 12.1 Å². The van der Waals surface area contributed by atoms with Gasteiger partial charge in [-0.15, -0.1) is 0 Å². The summed E-state index contributed by atoms with van der Waals surface area (Å²) in [6.07, 6.45) is 0. The molecule has 0 fully saturated rings. The zero-order chi connectivity index (χ0) is 10.0. The van der Waals surface area contributed by atoms with Crippen LogP contribution in [-0.2, 0) is 6.54 Å². The van der Waals surface area contributed by atoms with E-state index >= 15 is 0 Å². The topological polar surface area (TPSA) is 43.1 Å². The van der Waals surface area contributed by atoms with Crippen molar-refractivity contribution in [2.75, 3.05) is 0 Å². The molecule has 13 heavy (non-hydrogen) atoms. The third kappa shape index (κ3) is 1.95. The summed E-state index contributed by atoms with van der Waals surface area (Å²) in [5.41, 5.74) is -0.856. The highest BCUT2D eigenvalue weighted by atomic mass is 19.2. The van der Waals surface area contributed by atoms with Gasteiger partial charge in [0.25, 0.3) is 0 Å². The van der Waals surface area contributed by atoms with Crippen LogP contribution in [-0.4, -0.2) is 4.92 Å². The molecule has 0 bridgehead atoms. The molecule has 0 spiro atoms. The summed E-state index contributed by atoms with van der Waals surface area (Å²) in [5, 5.41) is 9.93. The fraction of sp³-hybridized carbons (Fsp3) is 0.143. The summed E-state index contributed by atoms with van der Waals surface area (Å²) in [6.45, 7) is -1.06. The SMILES string of the molecule is O=[N+]([O-])Cc1c(F)ccc(F)c1F. The summed E-state index contributed by atoms with van der Waals surface area (Å²) in [4.78, 5) is 9.00. The van der Waals surface area contributed by atoms with Crippen LogP contribution >= 0.6 is 0 Å². The number of halogens is 3. The van der Waals surface area contributed by atoms with Crippen molar-refractivity contribution >= 4 is 0 Å². The Hall–Kier alpha value is -1.59. The molecule has 0 aliphatic carbocycles. The predicted molar refractivity (Wildman–Crippen MR) is 37.0 cm³/mol. The molecule has 0 atom stereocenters. The van der Waals surface area contributed by atoms with Gasteiger partial charge in [-0.25, -0.2) is 13.2 Å². The van der Waals surface area contributed by atoms with Crippen molar-refractivity contribution in [3.05, 3.63) is 45.3 Å². The Balaban J connectivity index is 3.17. The largest absolute Gasteiger partial charge is 0.264 e. The molecule has 0 unspecified atom stereocenters. The van der Waals surface area contributed by atoms with Crippen LogP contribution in [0.4, 0.5) is 13.2 Å². The maximum atomic E-state index is 12.7. The van der Waals surface area contributed by atoms with Crippen LogP contribution < -0.4 is 0 Å². The van der Waals surface area contributed by atoms with E-state index in [9.17, 15) is 23.3 Å². The lowest BCUT2D eigenvalue weighted by Gasteiger charge is -2.00. The summed E-state index contributed by atoms with van der Waals surface area (Å²) in [5.74, 6) is -3.91. The Morgan fingerprint density at radius 2 is 1.77 bits per heavy atom. The van der Waals surface area contributed by atoms with Gasteiger partial charge in [-0.3, -0.25) is 10.1 Å². The lowest BCUT2D eigenvalue weighted by Crippen LogP contribution is -2.05. The first-order chi connectivity index (χ1) is 6.02. The van der Waals surface area contributed by atoms with Gasteiger partial charge < -0.3 is 0 Å². The average Bonchev–Trinajstić information content (AvgIpc) is 2.05. The van der Waals surface area contributed by atoms with Crippen LogP contribution in [0.1, 0.15) is 5.56 Å². The lowest BCUT2D eigenvalue weighted by molar-refractivity contribution is -0.497. The molecular formula is C7H4F3NO2. The Kier molecular flexibility index (Phi) is 2.50. The number of nitro groups is 1. The van der Waals surface area contributed by atoms with Gasteiger partial charge in [-0.1, -0.05) is 0 Å². The molecule has 70 valence electrons. The van der Waals surface area contributed by atoms with Crippen LogP contribution in [0.5, 0.6) is 0 Å². The standard InChI is InChI=1S/C7H4F3NO2/c8-5-1-2-6(9)7(10)4(5)3-11(12)13/h1-2H,3H2. The summed E-state index contributed by atoms with van der Waals surface area (Å²) in [6, 6.07) is 1.23. The van der Waals surface area contributed by atoms with E-state index in [1.165, 1.54) is 0 Å². The molecule has 0 radical (unpaired) electrons. The Labute approximate surface area is 70.9 Å². The van der Waals surface area contributed by atoms with Gasteiger partial charge >= 0.3 is 0 Å². The van der Waals surface area contributed by atoms with E-state index in [-0.39, 0.29) is 0 Å². The van der Waals surface area contributed by atoms with Gasteiger partial charge in [0.15, 0.2) is 11.6 Å². The van der Waals surface area contributed by atoms with E-state index in [0.29, 0.717) is 12.1 Å². The van der Waals surface area contributed by atoms with Crippen LogP contribution in [0.3, 0.4) is 0 Å². The third-order valence-electron chi connectivity index (χ3n) is 1.43. The fourth-order valence-electron chi connectivity index (χ4n) is 0.843. The minimum atomic E-state index is -1.50. The van der Waals surface area contributed by atoms with E-state index in [4.69, 9.17) is 0 Å². The molecule has 0 aromatic heterocycles. The Morgan fingerprint density at radius 3 is 2.31 bits per heavy atom. The van der Waals surface area contributed by atoms with E-state index in [0.717, 1.165) is 0 Å². The average molecular weight is 191 g/mol. The first-order valence-electron chi connectivity index (χ1n) is 3.26. The van der Waals surface area contributed by atoms with Crippen molar-refractivity contribution in [3.63, 3.8) is 0 Å². The Morgan fingerprint density at radius 1 is 1.23 bits per heavy atom. The number of benzene rings is 1. The molecule has 0 heterocycles. The number of hydrogen-bond donors (Lipinski definition) is 0. The first-order valence-corrected chi connectivity index (χ1v) is 3.26. The van der Waals surface area contributed by atoms with Gasteiger partial charge in [0, 0.05) is 4.92 Å². The predicted octanol–water partition coefficient (Wildman–Crippen LogP) is 1.88. The van der Waals surface area contributed by atoms with E-state index < -0.39 is 34.5 Å². The molecule has 0 aliphatic heterocycles.